The second-order valence-electron chi connectivity index (χ2n) is 8.05. The van der Waals surface area contributed by atoms with Gasteiger partial charge in [-0.2, -0.15) is 8.42 Å². The number of ether oxygens (including phenoxy) is 1. The predicted molar refractivity (Wildman–Crippen MR) is 136 cm³/mol. The second-order valence-corrected chi connectivity index (χ2v) is 9.59. The van der Waals surface area contributed by atoms with Gasteiger partial charge in [0.1, 0.15) is 10.7 Å². The molecule has 3 aromatic rings. The Kier molecular flexibility index (Phi) is 9.07. The summed E-state index contributed by atoms with van der Waals surface area (Å²) < 4.78 is 49.8. The molecule has 3 rings (SSSR count). The molecule has 0 fully saturated rings. The van der Waals surface area contributed by atoms with Crippen LogP contribution >= 0.6 is 0 Å². The monoisotopic (exact) mass is 529 g/mol. The molecule has 3 amide bonds. The first-order chi connectivity index (χ1) is 17.6. The van der Waals surface area contributed by atoms with E-state index in [0.29, 0.717) is 17.8 Å². The van der Waals surface area contributed by atoms with Crippen LogP contribution in [-0.4, -0.2) is 38.9 Å². The first-order valence-electron chi connectivity index (χ1n) is 11.4. The van der Waals surface area contributed by atoms with Crippen molar-refractivity contribution in [3.63, 3.8) is 0 Å². The summed E-state index contributed by atoms with van der Waals surface area (Å²) in [5.74, 6) is -0.528. The highest BCUT2D eigenvalue weighted by Gasteiger charge is 2.21. The fourth-order valence-electron chi connectivity index (χ4n) is 3.45. The largest absolute Gasteiger partial charge is 0.493 e. The lowest BCUT2D eigenvalue weighted by Crippen LogP contribution is -2.39. The van der Waals surface area contributed by atoms with Gasteiger partial charge in [-0.3, -0.25) is 4.79 Å². The lowest BCUT2D eigenvalue weighted by molar-refractivity contribution is -0.114. The van der Waals surface area contributed by atoms with Crippen LogP contribution in [0.15, 0.2) is 71.6 Å². The molecule has 196 valence electrons. The van der Waals surface area contributed by atoms with Crippen LogP contribution in [0.2, 0.25) is 0 Å². The van der Waals surface area contributed by atoms with Crippen molar-refractivity contribution < 1.29 is 31.3 Å². The summed E-state index contributed by atoms with van der Waals surface area (Å²) in [7, 11) is -2.85. The Bertz CT molecular complexity index is 1350. The number of hydrogen-bond acceptors (Lipinski definition) is 6. The molecule has 0 atom stereocenters. The van der Waals surface area contributed by atoms with Crippen molar-refractivity contribution in [1.82, 2.24) is 10.2 Å². The molecule has 11 heteroatoms. The number of nitrogens with zero attached hydrogens (tertiary/aromatic N) is 1. The lowest BCUT2D eigenvalue weighted by atomic mass is 10.1. The summed E-state index contributed by atoms with van der Waals surface area (Å²) >= 11 is 0. The number of hydrogen-bond donors (Lipinski definition) is 2. The fraction of sp³-hybridized carbons (Fsp3) is 0.231. The van der Waals surface area contributed by atoms with Gasteiger partial charge in [-0.1, -0.05) is 18.2 Å². The topological polar surface area (TPSA) is 114 Å². The minimum atomic E-state index is -4.24. The zero-order chi connectivity index (χ0) is 27.0. The quantitative estimate of drug-likeness (QED) is 0.379. The highest BCUT2D eigenvalue weighted by atomic mass is 32.2. The van der Waals surface area contributed by atoms with E-state index in [1.165, 1.54) is 61.4 Å². The minimum absolute atomic E-state index is 0.0523. The van der Waals surface area contributed by atoms with Gasteiger partial charge in [-0.25, -0.2) is 9.18 Å². The SMILES string of the molecule is CCNC(=O)N(Cc1ccc(F)cc1)Cc1ccc(OC)c(OS(=O)(=O)c2ccc(NC(C)=O)cc2)c1. The number of rotatable bonds is 10. The molecule has 0 radical (unpaired) electrons. The van der Waals surface area contributed by atoms with Crippen LogP contribution in [0, 0.1) is 5.82 Å². The zero-order valence-electron chi connectivity index (χ0n) is 20.7. The van der Waals surface area contributed by atoms with Gasteiger partial charge < -0.3 is 24.5 Å². The van der Waals surface area contributed by atoms with Crippen LogP contribution in [0.25, 0.3) is 0 Å². The Labute approximate surface area is 215 Å². The summed E-state index contributed by atoms with van der Waals surface area (Å²) in [6.45, 7) is 3.87. The van der Waals surface area contributed by atoms with E-state index in [1.54, 1.807) is 31.2 Å². The van der Waals surface area contributed by atoms with Gasteiger partial charge in [0.15, 0.2) is 11.5 Å². The average molecular weight is 530 g/mol. The molecule has 0 bridgehead atoms. The number of carbonyl (C=O) groups excluding carboxylic acids is 2. The molecule has 0 spiro atoms. The van der Waals surface area contributed by atoms with E-state index in [-0.39, 0.29) is 47.2 Å². The van der Waals surface area contributed by atoms with Crippen LogP contribution in [0.4, 0.5) is 14.9 Å². The van der Waals surface area contributed by atoms with E-state index in [0.717, 1.165) is 5.56 Å². The molecule has 0 aromatic heterocycles. The van der Waals surface area contributed by atoms with Crippen LogP contribution < -0.4 is 19.6 Å². The molecule has 3 aromatic carbocycles. The molecule has 2 N–H and O–H groups in total. The third kappa shape index (κ3) is 7.68. The van der Waals surface area contributed by atoms with E-state index >= 15 is 0 Å². The normalized spacial score (nSPS) is 10.9. The number of methoxy groups -OCH3 is 1. The van der Waals surface area contributed by atoms with Crippen molar-refractivity contribution in [3.05, 3.63) is 83.7 Å². The minimum Gasteiger partial charge on any atom is -0.493 e. The van der Waals surface area contributed by atoms with Gasteiger partial charge in [0, 0.05) is 32.2 Å². The number of anilines is 1. The Morgan fingerprint density at radius 1 is 0.919 bits per heavy atom. The molecular weight excluding hydrogens is 501 g/mol. The molecule has 0 unspecified atom stereocenters. The second kappa shape index (κ2) is 12.2. The lowest BCUT2D eigenvalue weighted by Gasteiger charge is -2.23. The Morgan fingerprint density at radius 3 is 2.14 bits per heavy atom. The third-order valence-corrected chi connectivity index (χ3v) is 6.41. The van der Waals surface area contributed by atoms with Crippen molar-refractivity contribution in [1.29, 1.82) is 0 Å². The number of carbonyl (C=O) groups is 2. The van der Waals surface area contributed by atoms with Gasteiger partial charge in [0.05, 0.1) is 7.11 Å². The molecule has 0 aliphatic carbocycles. The van der Waals surface area contributed by atoms with Crippen molar-refractivity contribution in [3.8, 4) is 11.5 Å². The van der Waals surface area contributed by atoms with Gasteiger partial charge in [0.2, 0.25) is 5.91 Å². The maximum Gasteiger partial charge on any atom is 0.339 e. The molecule has 0 heterocycles. The fourth-order valence-corrected chi connectivity index (χ4v) is 4.38. The van der Waals surface area contributed by atoms with E-state index in [4.69, 9.17) is 8.92 Å². The van der Waals surface area contributed by atoms with E-state index < -0.39 is 10.1 Å². The van der Waals surface area contributed by atoms with Crippen molar-refractivity contribution >= 4 is 27.7 Å². The maximum atomic E-state index is 13.3. The highest BCUT2D eigenvalue weighted by Crippen LogP contribution is 2.32. The number of benzene rings is 3. The smallest absolute Gasteiger partial charge is 0.339 e. The standard InChI is InChI=1S/C26H28FN3O6S/c1-4-28-26(32)30(16-19-5-8-21(27)9-6-19)17-20-7-14-24(35-3)25(15-20)36-37(33,34)23-12-10-22(11-13-23)29-18(2)31/h5-15H,4,16-17H2,1-3H3,(H,28,32)(H,29,31). The Morgan fingerprint density at radius 2 is 1.54 bits per heavy atom. The zero-order valence-corrected chi connectivity index (χ0v) is 21.5. The maximum absolute atomic E-state index is 13.3. The van der Waals surface area contributed by atoms with Crippen LogP contribution in [-0.2, 0) is 28.0 Å². The van der Waals surface area contributed by atoms with E-state index in [9.17, 15) is 22.4 Å². The summed E-state index contributed by atoms with van der Waals surface area (Å²) in [6, 6.07) is 15.7. The first kappa shape index (κ1) is 27.5. The molecule has 0 aliphatic heterocycles. The Balaban J connectivity index is 1.85. The van der Waals surface area contributed by atoms with Crippen molar-refractivity contribution in [2.75, 3.05) is 19.0 Å². The molecule has 0 saturated carbocycles. The molecule has 37 heavy (non-hydrogen) atoms. The van der Waals surface area contributed by atoms with Crippen LogP contribution in [0.1, 0.15) is 25.0 Å². The third-order valence-electron chi connectivity index (χ3n) is 5.17. The van der Waals surface area contributed by atoms with Crippen molar-refractivity contribution in [2.45, 2.75) is 31.8 Å². The number of amides is 3. The van der Waals surface area contributed by atoms with E-state index in [1.807, 2.05) is 0 Å². The number of halogens is 1. The van der Waals surface area contributed by atoms with Gasteiger partial charge in [-0.05, 0) is 66.6 Å². The molecule has 9 nitrogen and oxygen atoms in total. The highest BCUT2D eigenvalue weighted by molar-refractivity contribution is 7.87. The predicted octanol–water partition coefficient (Wildman–Crippen LogP) is 4.29. The molecule has 0 saturated heterocycles. The Hall–Kier alpha value is -4.12. The molecular formula is C26H28FN3O6S. The van der Waals surface area contributed by atoms with Crippen molar-refractivity contribution in [2.24, 2.45) is 0 Å². The molecule has 0 aliphatic rings. The summed E-state index contributed by atoms with van der Waals surface area (Å²) in [4.78, 5) is 25.3. The van der Waals surface area contributed by atoms with Crippen LogP contribution in [0.3, 0.4) is 0 Å². The summed E-state index contributed by atoms with van der Waals surface area (Å²) in [5.41, 5.74) is 1.75. The summed E-state index contributed by atoms with van der Waals surface area (Å²) in [5, 5.41) is 5.31. The summed E-state index contributed by atoms with van der Waals surface area (Å²) in [6.07, 6.45) is 0. The van der Waals surface area contributed by atoms with Gasteiger partial charge in [0.25, 0.3) is 0 Å². The number of nitrogens with one attached hydrogen (secondary N) is 2. The van der Waals surface area contributed by atoms with Crippen LogP contribution in [0.5, 0.6) is 11.5 Å². The average Bonchev–Trinajstić information content (AvgIpc) is 2.85. The van der Waals surface area contributed by atoms with E-state index in [2.05, 4.69) is 10.6 Å². The first-order valence-corrected chi connectivity index (χ1v) is 12.8. The van der Waals surface area contributed by atoms with Gasteiger partial charge >= 0.3 is 16.1 Å². The number of urea groups is 1. The van der Waals surface area contributed by atoms with Gasteiger partial charge in [-0.15, -0.1) is 0 Å².